The van der Waals surface area contributed by atoms with Crippen LogP contribution >= 0.6 is 21.6 Å². The minimum atomic E-state index is -0.479. The van der Waals surface area contributed by atoms with E-state index in [4.69, 9.17) is 5.73 Å². The molecule has 8 nitrogen and oxygen atoms in total. The third-order valence-electron chi connectivity index (χ3n) is 14.9. The second-order valence-corrected chi connectivity index (χ2v) is 24.8. The molecule has 0 heterocycles. The van der Waals surface area contributed by atoms with E-state index in [1.165, 1.54) is 263 Å². The maximum atomic E-state index is 14.6. The van der Waals surface area contributed by atoms with Crippen LogP contribution in [-0.2, 0) is 9.59 Å². The molecule has 436 valence electrons. The zero-order valence-corrected chi connectivity index (χ0v) is 51.2. The van der Waals surface area contributed by atoms with E-state index < -0.39 is 6.04 Å². The molecule has 0 aliphatic carbocycles. The molecule has 6 N–H and O–H groups in total. The Hall–Kier alpha value is -0.520. The predicted molar refractivity (Wildman–Crippen MR) is 330 cm³/mol. The monoisotopic (exact) mass is 1070 g/mol. The van der Waals surface area contributed by atoms with E-state index in [0.29, 0.717) is 5.75 Å². The van der Waals surface area contributed by atoms with Crippen LogP contribution in [0.4, 0.5) is 0 Å². The summed E-state index contributed by atoms with van der Waals surface area (Å²) in [5.74, 6) is 1.83. The van der Waals surface area contributed by atoms with Crippen LogP contribution < -0.4 is 27.0 Å². The third-order valence-corrected chi connectivity index (χ3v) is 17.4. The molecule has 73 heavy (non-hydrogen) atoms. The zero-order chi connectivity index (χ0) is 52.9. The molecule has 0 aliphatic rings. The van der Waals surface area contributed by atoms with Crippen molar-refractivity contribution >= 4 is 33.4 Å². The lowest BCUT2D eigenvalue weighted by atomic mass is 10.0. The highest BCUT2D eigenvalue weighted by molar-refractivity contribution is 8.76. The molecule has 0 fully saturated rings. The van der Waals surface area contributed by atoms with Crippen molar-refractivity contribution in [2.24, 2.45) is 5.73 Å². The van der Waals surface area contributed by atoms with Crippen LogP contribution in [0.5, 0.6) is 0 Å². The first-order valence-electron chi connectivity index (χ1n) is 32.7. The highest BCUT2D eigenvalue weighted by Gasteiger charge is 2.26. The van der Waals surface area contributed by atoms with Crippen LogP contribution in [0.15, 0.2) is 0 Å². The predicted octanol–water partition coefficient (Wildman–Crippen LogP) is 17.4. The van der Waals surface area contributed by atoms with E-state index in [9.17, 15) is 9.59 Å². The number of nitrogens with two attached hydrogens (primary N) is 1. The number of hydrogen-bond acceptors (Lipinski definition) is 8. The SMILES string of the molecule is CCCCCCCCCCCCCCCCCCN(CCCCCCCCCCCCCCCCCC)C(=O)C(CSSCCCCCCCCCCCC)NC(=O)CNCCCNCCCCNCCCN. The van der Waals surface area contributed by atoms with Gasteiger partial charge in [0, 0.05) is 24.6 Å². The van der Waals surface area contributed by atoms with Crippen molar-refractivity contribution in [1.82, 2.24) is 26.2 Å². The molecule has 0 saturated heterocycles. The lowest BCUT2D eigenvalue weighted by Gasteiger charge is -2.28. The molecule has 0 spiro atoms. The molecule has 0 bridgehead atoms. The molecule has 0 aromatic carbocycles. The van der Waals surface area contributed by atoms with Crippen LogP contribution in [0, 0.1) is 0 Å². The lowest BCUT2D eigenvalue weighted by molar-refractivity contribution is -0.135. The first kappa shape index (κ1) is 72.5. The number of hydrogen-bond donors (Lipinski definition) is 5. The Morgan fingerprint density at radius 2 is 0.685 bits per heavy atom. The normalized spacial score (nSPS) is 12.0. The van der Waals surface area contributed by atoms with Gasteiger partial charge in [0.05, 0.1) is 6.54 Å². The second kappa shape index (κ2) is 64.0. The van der Waals surface area contributed by atoms with Gasteiger partial charge in [0.25, 0.3) is 0 Å². The van der Waals surface area contributed by atoms with E-state index in [1.54, 1.807) is 10.8 Å². The summed E-state index contributed by atoms with van der Waals surface area (Å²) < 4.78 is 0. The molecule has 2 amide bonds. The second-order valence-electron chi connectivity index (χ2n) is 22.2. The number of nitrogens with one attached hydrogen (secondary N) is 4. The third kappa shape index (κ3) is 57.5. The van der Waals surface area contributed by atoms with Gasteiger partial charge >= 0.3 is 0 Å². The maximum absolute atomic E-state index is 14.6. The van der Waals surface area contributed by atoms with Gasteiger partial charge in [-0.15, -0.1) is 0 Å². The van der Waals surface area contributed by atoms with Crippen molar-refractivity contribution in [2.45, 2.75) is 322 Å². The molecule has 0 aromatic heterocycles. The summed E-state index contributed by atoms with van der Waals surface area (Å²) in [4.78, 5) is 30.2. The van der Waals surface area contributed by atoms with E-state index >= 15 is 0 Å². The fourth-order valence-electron chi connectivity index (χ4n) is 10.0. The molecule has 1 unspecified atom stereocenters. The minimum absolute atomic E-state index is 0.0569. The van der Waals surface area contributed by atoms with E-state index in [2.05, 4.69) is 46.9 Å². The Bertz CT molecular complexity index is 1040. The van der Waals surface area contributed by atoms with Crippen LogP contribution in [0.1, 0.15) is 316 Å². The average molecular weight is 1070 g/mol. The number of carbonyl (C=O) groups is 2. The summed E-state index contributed by atoms with van der Waals surface area (Å²) in [5, 5.41) is 13.6. The van der Waals surface area contributed by atoms with Crippen LogP contribution in [0.25, 0.3) is 0 Å². The smallest absolute Gasteiger partial charge is 0.246 e. The van der Waals surface area contributed by atoms with Gasteiger partial charge in [-0.2, -0.15) is 0 Å². The van der Waals surface area contributed by atoms with Gasteiger partial charge in [-0.3, -0.25) is 9.59 Å². The standard InChI is InChI=1S/C63H130N6O2S2/c1-4-7-10-13-16-19-22-24-26-28-30-32-34-37-40-45-56-69(57-46-41-38-35-33-31-29-27-25-23-20-17-14-11-8-5-2)63(71)61(60-73-72-58-47-42-39-36-21-18-15-12-9-6-3)68-62(70)59-67-55-49-54-66-52-44-43-51-65-53-48-50-64/h61,65-67H,4-60,64H2,1-3H3,(H,68,70). The van der Waals surface area contributed by atoms with Crippen molar-refractivity contribution in [3.63, 3.8) is 0 Å². The molecule has 0 aliphatic heterocycles. The molecule has 0 radical (unpaired) electrons. The summed E-state index contributed by atoms with van der Waals surface area (Å²) >= 11 is 0. The highest BCUT2D eigenvalue weighted by Crippen LogP contribution is 2.25. The van der Waals surface area contributed by atoms with Crippen molar-refractivity contribution in [3.05, 3.63) is 0 Å². The van der Waals surface area contributed by atoms with Crippen molar-refractivity contribution in [2.75, 3.05) is 70.4 Å². The largest absolute Gasteiger partial charge is 0.342 e. The number of carbonyl (C=O) groups excluding carboxylic acids is 2. The van der Waals surface area contributed by atoms with Gasteiger partial charge in [0.1, 0.15) is 6.04 Å². The molecule has 10 heteroatoms. The van der Waals surface area contributed by atoms with E-state index in [-0.39, 0.29) is 18.4 Å². The lowest BCUT2D eigenvalue weighted by Crippen LogP contribution is -2.52. The number of unbranched alkanes of at least 4 members (excludes halogenated alkanes) is 40. The first-order valence-corrected chi connectivity index (χ1v) is 35.2. The Morgan fingerprint density at radius 3 is 1.05 bits per heavy atom. The zero-order valence-electron chi connectivity index (χ0n) is 49.5. The average Bonchev–Trinajstić information content (AvgIpc) is 3.39. The Balaban J connectivity index is 5.09. The number of amides is 2. The quantitative estimate of drug-likeness (QED) is 0.0303. The molecule has 1 atom stereocenters. The maximum Gasteiger partial charge on any atom is 0.246 e. The van der Waals surface area contributed by atoms with Crippen molar-refractivity contribution in [1.29, 1.82) is 0 Å². The fraction of sp³-hybridized carbons (Fsp3) is 0.968. The molecular formula is C63H130N6O2S2. The van der Waals surface area contributed by atoms with Crippen LogP contribution in [0.2, 0.25) is 0 Å². The summed E-state index contributed by atoms with van der Waals surface area (Å²) in [6.07, 6.45) is 61.1. The van der Waals surface area contributed by atoms with Crippen LogP contribution in [0.3, 0.4) is 0 Å². The Kier molecular flexibility index (Phi) is 63.6. The number of rotatable bonds is 64. The van der Waals surface area contributed by atoms with Gasteiger partial charge < -0.3 is 31.9 Å². The number of nitrogens with zero attached hydrogens (tertiary/aromatic N) is 1. The van der Waals surface area contributed by atoms with Gasteiger partial charge in [-0.25, -0.2) is 0 Å². The fourth-order valence-corrected chi connectivity index (χ4v) is 12.3. The summed E-state index contributed by atoms with van der Waals surface area (Å²) in [6.45, 7) is 14.3. The van der Waals surface area contributed by atoms with Gasteiger partial charge in [0.15, 0.2) is 0 Å². The summed E-state index contributed by atoms with van der Waals surface area (Å²) in [7, 11) is 3.69. The topological polar surface area (TPSA) is 112 Å². The van der Waals surface area contributed by atoms with Gasteiger partial charge in [0.2, 0.25) is 11.8 Å². The van der Waals surface area contributed by atoms with Crippen LogP contribution in [-0.4, -0.2) is 93.2 Å². The van der Waals surface area contributed by atoms with Gasteiger partial charge in [-0.1, -0.05) is 293 Å². The van der Waals surface area contributed by atoms with E-state index in [1.807, 2.05) is 10.8 Å². The molecule has 0 aromatic rings. The first-order chi connectivity index (χ1) is 36.1. The summed E-state index contributed by atoms with van der Waals surface area (Å²) in [6, 6.07) is -0.479. The Morgan fingerprint density at radius 1 is 0.370 bits per heavy atom. The Labute approximate surface area is 465 Å². The molecule has 0 saturated carbocycles. The van der Waals surface area contributed by atoms with E-state index in [0.717, 1.165) is 90.2 Å². The molecular weight excluding hydrogens is 937 g/mol. The van der Waals surface area contributed by atoms with Gasteiger partial charge in [-0.05, 0) is 84.2 Å². The van der Waals surface area contributed by atoms with Crippen molar-refractivity contribution in [3.8, 4) is 0 Å². The minimum Gasteiger partial charge on any atom is -0.342 e. The highest BCUT2D eigenvalue weighted by atomic mass is 33.1. The van der Waals surface area contributed by atoms with Crippen molar-refractivity contribution < 1.29 is 9.59 Å². The molecule has 0 rings (SSSR count). The summed E-state index contributed by atoms with van der Waals surface area (Å²) in [5.41, 5.74) is 5.58.